The fourth-order valence-electron chi connectivity index (χ4n) is 7.28. The van der Waals surface area contributed by atoms with Gasteiger partial charge >= 0.3 is 0 Å². The van der Waals surface area contributed by atoms with Gasteiger partial charge in [0.05, 0.1) is 22.4 Å². The van der Waals surface area contributed by atoms with Gasteiger partial charge in [0.25, 0.3) is 0 Å². The van der Waals surface area contributed by atoms with Gasteiger partial charge in [0.2, 0.25) is 0 Å². The highest BCUT2D eigenvalue weighted by atomic mass is 15.0. The summed E-state index contributed by atoms with van der Waals surface area (Å²) < 4.78 is 2.36. The quantitative estimate of drug-likeness (QED) is 0.205. The van der Waals surface area contributed by atoms with Crippen molar-refractivity contribution in [3.63, 3.8) is 0 Å². The highest BCUT2D eigenvalue weighted by molar-refractivity contribution is 6.09. The van der Waals surface area contributed by atoms with Crippen LogP contribution in [-0.4, -0.2) is 19.5 Å². The van der Waals surface area contributed by atoms with Crippen LogP contribution in [0, 0.1) is 0 Å². The fourth-order valence-corrected chi connectivity index (χ4v) is 7.28. The number of pyridine rings is 1. The molecule has 0 amide bonds. The zero-order chi connectivity index (χ0) is 30.8. The van der Waals surface area contributed by atoms with Crippen molar-refractivity contribution in [3.8, 4) is 50.7 Å². The molecule has 1 aliphatic rings. The van der Waals surface area contributed by atoms with E-state index in [4.69, 9.17) is 9.97 Å². The van der Waals surface area contributed by atoms with Gasteiger partial charge in [-0.2, -0.15) is 0 Å². The molecule has 0 aliphatic heterocycles. The Labute approximate surface area is 267 Å². The van der Waals surface area contributed by atoms with Crippen molar-refractivity contribution < 1.29 is 0 Å². The molecule has 0 atom stereocenters. The fraction of sp³-hybridized carbons (Fsp3) is 0.0714. The summed E-state index contributed by atoms with van der Waals surface area (Å²) in [5.41, 5.74) is 13.3. The Morgan fingerprint density at radius 1 is 0.500 bits per heavy atom. The molecule has 0 spiro atoms. The number of para-hydroxylation sites is 2. The van der Waals surface area contributed by atoms with Crippen LogP contribution in [-0.2, 0) is 5.41 Å². The molecule has 46 heavy (non-hydrogen) atoms. The summed E-state index contributed by atoms with van der Waals surface area (Å²) >= 11 is 0. The zero-order valence-corrected chi connectivity index (χ0v) is 25.6. The SMILES string of the molecule is CC1(C)c2ccccc2-c2nc(-c3ccc(-c4ccncc4)cc3)nc(-c3ccc(-n4c5ccccc5c5ccccc54)cc3)c21. The largest absolute Gasteiger partial charge is 0.309 e. The van der Waals surface area contributed by atoms with E-state index >= 15 is 0 Å². The summed E-state index contributed by atoms with van der Waals surface area (Å²) in [4.78, 5) is 14.7. The first kappa shape index (κ1) is 26.5. The number of fused-ring (bicyclic) bond motifs is 6. The van der Waals surface area contributed by atoms with Crippen molar-refractivity contribution in [1.29, 1.82) is 0 Å². The lowest BCUT2D eigenvalue weighted by Crippen LogP contribution is -2.17. The Morgan fingerprint density at radius 3 is 1.74 bits per heavy atom. The highest BCUT2D eigenvalue weighted by Gasteiger charge is 2.40. The molecule has 3 heterocycles. The van der Waals surface area contributed by atoms with E-state index < -0.39 is 0 Å². The normalized spacial score (nSPS) is 13.2. The Balaban J connectivity index is 1.21. The van der Waals surface area contributed by atoms with Crippen LogP contribution < -0.4 is 0 Å². The summed E-state index contributed by atoms with van der Waals surface area (Å²) in [6.45, 7) is 4.58. The molecule has 0 saturated carbocycles. The lowest BCUT2D eigenvalue weighted by molar-refractivity contribution is 0.658. The average Bonchev–Trinajstić information content (AvgIpc) is 3.57. The lowest BCUT2D eigenvalue weighted by Gasteiger charge is -2.24. The number of nitrogens with zero attached hydrogens (tertiary/aromatic N) is 4. The van der Waals surface area contributed by atoms with Gasteiger partial charge in [0.15, 0.2) is 5.82 Å². The molecule has 0 radical (unpaired) electrons. The maximum absolute atomic E-state index is 5.33. The Morgan fingerprint density at radius 2 is 1.04 bits per heavy atom. The minimum atomic E-state index is -0.240. The summed E-state index contributed by atoms with van der Waals surface area (Å²) in [5.74, 6) is 0.731. The summed E-state index contributed by atoms with van der Waals surface area (Å²) in [6, 6.07) is 47.4. The third-order valence-corrected chi connectivity index (χ3v) is 9.53. The van der Waals surface area contributed by atoms with E-state index in [2.05, 4.69) is 145 Å². The van der Waals surface area contributed by atoms with Gasteiger partial charge in [-0.15, -0.1) is 0 Å². The molecule has 4 heteroatoms. The van der Waals surface area contributed by atoms with E-state index in [1.807, 2.05) is 24.5 Å². The number of aromatic nitrogens is 4. The van der Waals surface area contributed by atoms with E-state index in [9.17, 15) is 0 Å². The molecule has 218 valence electrons. The highest BCUT2D eigenvalue weighted by Crippen LogP contribution is 2.51. The smallest absolute Gasteiger partial charge is 0.160 e. The van der Waals surface area contributed by atoms with Crippen molar-refractivity contribution >= 4 is 21.8 Å². The Kier molecular flexibility index (Phi) is 5.81. The second kappa shape index (κ2) is 10.1. The maximum atomic E-state index is 5.33. The molecular formula is C42H30N4. The molecule has 3 aromatic heterocycles. The summed E-state index contributed by atoms with van der Waals surface area (Å²) in [7, 11) is 0. The summed E-state index contributed by atoms with van der Waals surface area (Å²) in [6.07, 6.45) is 3.65. The molecule has 8 aromatic rings. The standard InChI is InChI=1S/C42H30N4/c1-42(2)35-12-6-3-11-34(35)40-38(42)39(44-41(45-40)30-17-15-27(16-18-30)28-23-25-43-26-24-28)29-19-21-31(22-20-29)46-36-13-7-4-9-32(36)33-10-5-8-14-37(33)46/h3-26H,1-2H3. The predicted molar refractivity (Wildman–Crippen MR) is 188 cm³/mol. The van der Waals surface area contributed by atoms with E-state index in [0.29, 0.717) is 0 Å². The minimum absolute atomic E-state index is 0.240. The predicted octanol–water partition coefficient (Wildman–Crippen LogP) is 10.3. The lowest BCUT2D eigenvalue weighted by atomic mass is 9.81. The molecule has 5 aromatic carbocycles. The van der Waals surface area contributed by atoms with Gasteiger partial charge in [-0.05, 0) is 53.1 Å². The molecule has 0 bridgehead atoms. The number of benzene rings is 5. The van der Waals surface area contributed by atoms with Crippen LogP contribution in [0.4, 0.5) is 0 Å². The molecule has 1 aliphatic carbocycles. The van der Waals surface area contributed by atoms with Gasteiger partial charge in [-0.3, -0.25) is 4.98 Å². The molecular weight excluding hydrogens is 560 g/mol. The third-order valence-electron chi connectivity index (χ3n) is 9.53. The van der Waals surface area contributed by atoms with Crippen molar-refractivity contribution in [2.45, 2.75) is 19.3 Å². The first-order valence-electron chi connectivity index (χ1n) is 15.7. The second-order valence-electron chi connectivity index (χ2n) is 12.5. The maximum Gasteiger partial charge on any atom is 0.160 e. The molecule has 0 unspecified atom stereocenters. The number of hydrogen-bond donors (Lipinski definition) is 0. The van der Waals surface area contributed by atoms with Crippen LogP contribution in [0.3, 0.4) is 0 Å². The molecule has 0 fully saturated rings. The van der Waals surface area contributed by atoms with E-state index in [0.717, 1.165) is 45.2 Å². The van der Waals surface area contributed by atoms with Gasteiger partial charge in [-0.1, -0.05) is 111 Å². The number of hydrogen-bond acceptors (Lipinski definition) is 3. The zero-order valence-electron chi connectivity index (χ0n) is 25.6. The van der Waals surface area contributed by atoms with Gasteiger partial charge in [-0.25, -0.2) is 9.97 Å². The van der Waals surface area contributed by atoms with Crippen molar-refractivity contribution in [3.05, 3.63) is 157 Å². The van der Waals surface area contributed by atoms with Crippen LogP contribution in [0.2, 0.25) is 0 Å². The van der Waals surface area contributed by atoms with E-state index in [1.54, 1.807) is 0 Å². The van der Waals surface area contributed by atoms with Gasteiger partial charge in [0, 0.05) is 56.5 Å². The molecule has 4 nitrogen and oxygen atoms in total. The third kappa shape index (κ3) is 3.97. The topological polar surface area (TPSA) is 43.6 Å². The van der Waals surface area contributed by atoms with Crippen LogP contribution in [0.5, 0.6) is 0 Å². The first-order chi connectivity index (χ1) is 22.6. The minimum Gasteiger partial charge on any atom is -0.309 e. The second-order valence-corrected chi connectivity index (χ2v) is 12.5. The Bertz CT molecular complexity index is 2370. The summed E-state index contributed by atoms with van der Waals surface area (Å²) in [5, 5.41) is 2.52. The van der Waals surface area contributed by atoms with Crippen molar-refractivity contribution in [1.82, 2.24) is 19.5 Å². The Hall–Kier alpha value is -5.87. The van der Waals surface area contributed by atoms with Crippen LogP contribution in [0.1, 0.15) is 25.0 Å². The van der Waals surface area contributed by atoms with Gasteiger partial charge in [0.1, 0.15) is 0 Å². The van der Waals surface area contributed by atoms with Crippen LogP contribution >= 0.6 is 0 Å². The molecule has 0 N–H and O–H groups in total. The average molecular weight is 591 g/mol. The van der Waals surface area contributed by atoms with Crippen LogP contribution in [0.15, 0.2) is 146 Å². The molecule has 0 saturated heterocycles. The van der Waals surface area contributed by atoms with Crippen molar-refractivity contribution in [2.75, 3.05) is 0 Å². The van der Waals surface area contributed by atoms with E-state index in [1.165, 1.54) is 38.5 Å². The monoisotopic (exact) mass is 590 g/mol. The van der Waals surface area contributed by atoms with Gasteiger partial charge < -0.3 is 4.57 Å². The first-order valence-corrected chi connectivity index (χ1v) is 15.7. The number of rotatable bonds is 4. The van der Waals surface area contributed by atoms with Crippen LogP contribution in [0.25, 0.3) is 72.5 Å². The van der Waals surface area contributed by atoms with Crippen molar-refractivity contribution in [2.24, 2.45) is 0 Å². The molecule has 9 rings (SSSR count). The van der Waals surface area contributed by atoms with E-state index in [-0.39, 0.29) is 5.41 Å².